The first kappa shape index (κ1) is 7.91. The fourth-order valence-corrected chi connectivity index (χ4v) is 2.70. The monoisotopic (exact) mass is 280 g/mol. The lowest BCUT2D eigenvalue weighted by molar-refractivity contribution is 0.650. The van der Waals surface area contributed by atoms with Crippen LogP contribution in [0.5, 0.6) is 0 Å². The smallest absolute Gasteiger partial charge is 0.142 e. The highest BCUT2D eigenvalue weighted by Crippen LogP contribution is 2.42. The van der Waals surface area contributed by atoms with Gasteiger partial charge in [-0.25, -0.2) is 0 Å². The first-order valence-electron chi connectivity index (χ1n) is 3.76. The summed E-state index contributed by atoms with van der Waals surface area (Å²) in [6.45, 7) is 2.26. The van der Waals surface area contributed by atoms with E-state index in [0.29, 0.717) is 5.92 Å². The van der Waals surface area contributed by atoms with Gasteiger partial charge in [-0.15, -0.1) is 10.2 Å². The molecule has 1 fully saturated rings. The SMILES string of the molecule is CC(c1nnc(I)s1)C1CC1. The zero-order chi connectivity index (χ0) is 7.84. The van der Waals surface area contributed by atoms with Gasteiger partial charge in [-0.1, -0.05) is 18.3 Å². The molecule has 1 atom stereocenters. The molecule has 2 rings (SSSR count). The second-order valence-corrected chi connectivity index (χ2v) is 5.78. The van der Waals surface area contributed by atoms with Gasteiger partial charge in [0.1, 0.15) is 5.01 Å². The minimum absolute atomic E-state index is 0.649. The number of hydrogen-bond acceptors (Lipinski definition) is 3. The Labute approximate surface area is 83.6 Å². The molecule has 0 aromatic carbocycles. The highest BCUT2D eigenvalue weighted by Gasteiger charge is 2.30. The molecule has 0 spiro atoms. The van der Waals surface area contributed by atoms with Crippen LogP contribution in [0.15, 0.2) is 0 Å². The first-order valence-corrected chi connectivity index (χ1v) is 5.66. The van der Waals surface area contributed by atoms with E-state index in [1.165, 1.54) is 17.8 Å². The van der Waals surface area contributed by atoms with Crippen LogP contribution in [0.4, 0.5) is 0 Å². The van der Waals surface area contributed by atoms with Crippen molar-refractivity contribution in [2.75, 3.05) is 0 Å². The fourth-order valence-electron chi connectivity index (χ4n) is 1.20. The molecule has 11 heavy (non-hydrogen) atoms. The lowest BCUT2D eigenvalue weighted by atomic mass is 10.1. The van der Waals surface area contributed by atoms with Crippen LogP contribution >= 0.6 is 33.9 Å². The molecule has 0 N–H and O–H groups in total. The van der Waals surface area contributed by atoms with Crippen molar-refractivity contribution in [2.45, 2.75) is 25.7 Å². The van der Waals surface area contributed by atoms with Crippen LogP contribution in [0.1, 0.15) is 30.7 Å². The number of hydrogen-bond donors (Lipinski definition) is 0. The van der Waals surface area contributed by atoms with Crippen LogP contribution in [0.2, 0.25) is 0 Å². The molecule has 1 aromatic rings. The molecule has 1 aliphatic rings. The molecule has 0 aliphatic heterocycles. The Balaban J connectivity index is 2.14. The lowest BCUT2D eigenvalue weighted by Gasteiger charge is -2.01. The molecule has 60 valence electrons. The molecule has 1 heterocycles. The maximum atomic E-state index is 4.14. The summed E-state index contributed by atoms with van der Waals surface area (Å²) in [6, 6.07) is 0. The van der Waals surface area contributed by atoms with E-state index < -0.39 is 0 Å². The molecular formula is C7H9IN2S. The standard InChI is InChI=1S/C7H9IN2S/c1-4(5-2-3-5)6-9-10-7(8)11-6/h4-5H,2-3H2,1H3. The Morgan fingerprint density at radius 2 is 2.27 bits per heavy atom. The number of nitrogens with zero attached hydrogens (tertiary/aromatic N) is 2. The summed E-state index contributed by atoms with van der Waals surface area (Å²) in [4.78, 5) is 0. The molecule has 1 saturated carbocycles. The molecule has 0 amide bonds. The third-order valence-corrected chi connectivity index (χ3v) is 3.92. The molecule has 0 radical (unpaired) electrons. The van der Waals surface area contributed by atoms with Gasteiger partial charge < -0.3 is 0 Å². The van der Waals surface area contributed by atoms with Crippen LogP contribution < -0.4 is 0 Å². The van der Waals surface area contributed by atoms with Crippen LogP contribution in [-0.4, -0.2) is 10.2 Å². The lowest BCUT2D eigenvalue weighted by Crippen LogP contribution is -1.93. The van der Waals surface area contributed by atoms with E-state index in [1.54, 1.807) is 11.3 Å². The van der Waals surface area contributed by atoms with Crippen molar-refractivity contribution in [1.82, 2.24) is 10.2 Å². The Hall–Kier alpha value is 0.290. The summed E-state index contributed by atoms with van der Waals surface area (Å²) in [7, 11) is 0. The van der Waals surface area contributed by atoms with Gasteiger partial charge in [0.05, 0.1) is 0 Å². The predicted molar refractivity (Wildman–Crippen MR) is 53.8 cm³/mol. The Morgan fingerprint density at radius 1 is 1.55 bits per heavy atom. The van der Waals surface area contributed by atoms with Crippen LogP contribution in [-0.2, 0) is 0 Å². The second-order valence-electron chi connectivity index (χ2n) is 3.02. The molecule has 4 heteroatoms. The maximum Gasteiger partial charge on any atom is 0.178 e. The highest BCUT2D eigenvalue weighted by molar-refractivity contribution is 14.1. The third-order valence-electron chi connectivity index (χ3n) is 2.13. The normalized spacial score (nSPS) is 20.2. The minimum atomic E-state index is 0.649. The van der Waals surface area contributed by atoms with Gasteiger partial charge in [-0.3, -0.25) is 0 Å². The summed E-state index contributed by atoms with van der Waals surface area (Å²) in [5.41, 5.74) is 0. The Kier molecular flexibility index (Phi) is 2.14. The van der Waals surface area contributed by atoms with Crippen molar-refractivity contribution in [2.24, 2.45) is 5.92 Å². The number of rotatable bonds is 2. The average Bonchev–Trinajstić information content (AvgIpc) is 2.74. The van der Waals surface area contributed by atoms with Crippen molar-refractivity contribution in [1.29, 1.82) is 0 Å². The average molecular weight is 280 g/mol. The van der Waals surface area contributed by atoms with E-state index in [2.05, 4.69) is 39.7 Å². The van der Waals surface area contributed by atoms with Crippen molar-refractivity contribution in [3.05, 3.63) is 8.02 Å². The summed E-state index contributed by atoms with van der Waals surface area (Å²) in [5.74, 6) is 1.55. The van der Waals surface area contributed by atoms with Crippen molar-refractivity contribution >= 4 is 33.9 Å². The number of halogens is 1. The van der Waals surface area contributed by atoms with E-state index in [0.717, 1.165) is 8.93 Å². The van der Waals surface area contributed by atoms with Gasteiger partial charge in [0.25, 0.3) is 0 Å². The second kappa shape index (κ2) is 2.97. The van der Waals surface area contributed by atoms with Crippen LogP contribution in [0.3, 0.4) is 0 Å². The predicted octanol–water partition coefficient (Wildman–Crippen LogP) is 2.66. The van der Waals surface area contributed by atoms with E-state index >= 15 is 0 Å². The Bertz CT molecular complexity index is 257. The zero-order valence-electron chi connectivity index (χ0n) is 6.25. The quantitative estimate of drug-likeness (QED) is 0.778. The fraction of sp³-hybridized carbons (Fsp3) is 0.714. The van der Waals surface area contributed by atoms with E-state index in [9.17, 15) is 0 Å². The van der Waals surface area contributed by atoms with Crippen LogP contribution in [0.25, 0.3) is 0 Å². The summed E-state index contributed by atoms with van der Waals surface area (Å²) in [5, 5.41) is 9.36. The van der Waals surface area contributed by atoms with E-state index in [4.69, 9.17) is 0 Å². The third kappa shape index (κ3) is 1.72. The van der Waals surface area contributed by atoms with Crippen molar-refractivity contribution < 1.29 is 0 Å². The largest absolute Gasteiger partial charge is 0.178 e. The van der Waals surface area contributed by atoms with Gasteiger partial charge in [-0.2, -0.15) is 0 Å². The molecule has 1 aliphatic carbocycles. The summed E-state index contributed by atoms with van der Waals surface area (Å²) < 4.78 is 1.06. The first-order chi connectivity index (χ1) is 5.27. The maximum absolute atomic E-state index is 4.14. The molecule has 0 bridgehead atoms. The zero-order valence-corrected chi connectivity index (χ0v) is 9.22. The van der Waals surface area contributed by atoms with Gasteiger partial charge in [0.2, 0.25) is 0 Å². The van der Waals surface area contributed by atoms with E-state index in [1.807, 2.05) is 0 Å². The Morgan fingerprint density at radius 3 is 2.73 bits per heavy atom. The molecule has 2 nitrogen and oxygen atoms in total. The molecule has 1 aromatic heterocycles. The topological polar surface area (TPSA) is 25.8 Å². The van der Waals surface area contributed by atoms with Gasteiger partial charge in [0, 0.05) is 5.92 Å². The highest BCUT2D eigenvalue weighted by atomic mass is 127. The molecule has 0 saturated heterocycles. The minimum Gasteiger partial charge on any atom is -0.142 e. The van der Waals surface area contributed by atoms with Crippen molar-refractivity contribution in [3.8, 4) is 0 Å². The van der Waals surface area contributed by atoms with Crippen molar-refractivity contribution in [3.63, 3.8) is 0 Å². The summed E-state index contributed by atoms with van der Waals surface area (Å²) in [6.07, 6.45) is 2.77. The molecular weight excluding hydrogens is 271 g/mol. The summed E-state index contributed by atoms with van der Waals surface area (Å²) >= 11 is 3.95. The van der Waals surface area contributed by atoms with Crippen LogP contribution in [0, 0.1) is 8.93 Å². The number of aromatic nitrogens is 2. The van der Waals surface area contributed by atoms with Gasteiger partial charge in [-0.05, 0) is 41.4 Å². The van der Waals surface area contributed by atoms with Gasteiger partial charge in [0.15, 0.2) is 3.01 Å². The van der Waals surface area contributed by atoms with Gasteiger partial charge >= 0.3 is 0 Å². The van der Waals surface area contributed by atoms with E-state index in [-0.39, 0.29) is 0 Å². The molecule has 1 unspecified atom stereocenters.